The number of carbonyl (C=O) groups is 1. The Hall–Kier alpha value is -0.780. The van der Waals surface area contributed by atoms with Gasteiger partial charge in [-0.05, 0) is 24.3 Å². The van der Waals surface area contributed by atoms with Gasteiger partial charge in [-0.1, -0.05) is 34.8 Å². The maximum Gasteiger partial charge on any atom is 0.272 e. The van der Waals surface area contributed by atoms with Gasteiger partial charge in [-0.2, -0.15) is 0 Å². The summed E-state index contributed by atoms with van der Waals surface area (Å²) in [7, 11) is -6.20. The second kappa shape index (κ2) is 7.69. The minimum atomic E-state index is -4.04. The molecule has 1 heterocycles. The lowest BCUT2D eigenvalue weighted by Gasteiger charge is -2.22. The first-order valence-electron chi connectivity index (χ1n) is 7.08. The number of methoxy groups -OCH3 is 1. The van der Waals surface area contributed by atoms with Gasteiger partial charge in [0.1, 0.15) is 5.75 Å². The van der Waals surface area contributed by atoms with Crippen LogP contribution in [0, 0.1) is 0 Å². The molecule has 1 saturated heterocycles. The highest BCUT2D eigenvalue weighted by Crippen LogP contribution is 2.27. The molecule has 1 amide bonds. The van der Waals surface area contributed by atoms with Crippen LogP contribution >= 0.6 is 34.8 Å². The van der Waals surface area contributed by atoms with Crippen LogP contribution in [0.2, 0.25) is 0 Å². The van der Waals surface area contributed by atoms with Gasteiger partial charge in [-0.3, -0.25) is 4.79 Å². The maximum absolute atomic E-state index is 12.5. The fourth-order valence-electron chi connectivity index (χ4n) is 2.38. The smallest absolute Gasteiger partial charge is 0.272 e. The van der Waals surface area contributed by atoms with Crippen LogP contribution in [0.1, 0.15) is 0 Å². The third-order valence-electron chi connectivity index (χ3n) is 3.60. The van der Waals surface area contributed by atoms with Gasteiger partial charge in [0.2, 0.25) is 10.0 Å². The molecule has 1 fully saturated rings. The highest BCUT2D eigenvalue weighted by Gasteiger charge is 2.43. The molecule has 1 aromatic carbocycles. The Labute approximate surface area is 166 Å². The third-order valence-corrected chi connectivity index (χ3v) is 7.36. The fraction of sp³-hybridized carbons (Fsp3) is 0.462. The molecule has 2 atom stereocenters. The van der Waals surface area contributed by atoms with Gasteiger partial charge in [0.25, 0.3) is 9.70 Å². The van der Waals surface area contributed by atoms with Gasteiger partial charge in [0.15, 0.2) is 9.84 Å². The van der Waals surface area contributed by atoms with Gasteiger partial charge in [-0.15, -0.1) is 0 Å². The van der Waals surface area contributed by atoms with Crippen molar-refractivity contribution < 1.29 is 26.4 Å². The number of carbonyl (C=O) groups excluding carboxylic acids is 1. The van der Waals surface area contributed by atoms with Crippen molar-refractivity contribution in [1.82, 2.24) is 10.0 Å². The highest BCUT2D eigenvalue weighted by molar-refractivity contribution is 7.92. The van der Waals surface area contributed by atoms with E-state index in [9.17, 15) is 21.6 Å². The van der Waals surface area contributed by atoms with E-state index in [-0.39, 0.29) is 4.90 Å². The molecule has 0 bridgehead atoms. The van der Waals surface area contributed by atoms with Gasteiger partial charge in [-0.25, -0.2) is 21.6 Å². The molecule has 2 N–H and O–H groups in total. The van der Waals surface area contributed by atoms with Crippen molar-refractivity contribution in [3.05, 3.63) is 24.3 Å². The molecule has 1 aromatic rings. The van der Waals surface area contributed by atoms with Gasteiger partial charge in [0, 0.05) is 0 Å². The number of rotatable bonds is 5. The van der Waals surface area contributed by atoms with E-state index in [0.29, 0.717) is 5.75 Å². The number of sulfone groups is 1. The van der Waals surface area contributed by atoms with Crippen molar-refractivity contribution >= 4 is 60.6 Å². The molecule has 2 rings (SSSR count). The predicted molar refractivity (Wildman–Crippen MR) is 98.0 cm³/mol. The molecule has 0 radical (unpaired) electrons. The van der Waals surface area contributed by atoms with Crippen LogP contribution in [0.15, 0.2) is 29.2 Å². The second-order valence-electron chi connectivity index (χ2n) is 5.56. The second-order valence-corrected chi connectivity index (χ2v) is 11.7. The molecule has 8 nitrogen and oxygen atoms in total. The first-order valence-corrected chi connectivity index (χ1v) is 11.5. The zero-order valence-electron chi connectivity index (χ0n) is 13.3. The number of halogens is 3. The summed E-state index contributed by atoms with van der Waals surface area (Å²) >= 11 is 16.4. The van der Waals surface area contributed by atoms with Crippen LogP contribution in [0.25, 0.3) is 0 Å². The topological polar surface area (TPSA) is 119 Å². The van der Waals surface area contributed by atoms with E-state index in [0.717, 1.165) is 0 Å². The molecular weight excluding hydrogens is 451 g/mol. The van der Waals surface area contributed by atoms with E-state index in [2.05, 4.69) is 10.0 Å². The normalized spacial score (nSPS) is 22.8. The number of alkyl halides is 3. The van der Waals surface area contributed by atoms with Crippen molar-refractivity contribution in [2.45, 2.75) is 20.8 Å². The highest BCUT2D eigenvalue weighted by atomic mass is 35.6. The summed E-state index contributed by atoms with van der Waals surface area (Å²) in [6.07, 6.45) is 0. The minimum Gasteiger partial charge on any atom is -0.497 e. The van der Waals surface area contributed by atoms with Crippen molar-refractivity contribution in [1.29, 1.82) is 0 Å². The van der Waals surface area contributed by atoms with Gasteiger partial charge >= 0.3 is 0 Å². The summed E-state index contributed by atoms with van der Waals surface area (Å²) in [5.41, 5.74) is 0. The molecule has 0 spiro atoms. The average molecular weight is 466 g/mol. The Morgan fingerprint density at radius 1 is 1.15 bits per heavy atom. The Kier molecular flexibility index (Phi) is 6.36. The minimum absolute atomic E-state index is 0.0888. The number of amides is 1. The van der Waals surface area contributed by atoms with Crippen molar-refractivity contribution in [3.63, 3.8) is 0 Å². The molecule has 0 saturated carbocycles. The van der Waals surface area contributed by atoms with Crippen molar-refractivity contribution in [2.75, 3.05) is 18.6 Å². The van der Waals surface area contributed by atoms with E-state index < -0.39 is 53.1 Å². The van der Waals surface area contributed by atoms with Crippen molar-refractivity contribution in [3.8, 4) is 5.75 Å². The lowest BCUT2D eigenvalue weighted by molar-refractivity contribution is -0.120. The molecule has 1 aliphatic heterocycles. The standard InChI is InChI=1S/C13H15Cl3N2O6S2/c1-24-8-2-4-9(5-3-8)26(22,23)18-11-7-25(20,21)6-10(11)17-12(19)13(14,15)16/h2-5,10-11,18H,6-7H2,1H3,(H,17,19)/t10-,11-/m1/s1. The molecule has 0 aromatic heterocycles. The Bertz CT molecular complexity index is 881. The van der Waals surface area contributed by atoms with Crippen LogP contribution < -0.4 is 14.8 Å². The Morgan fingerprint density at radius 2 is 1.69 bits per heavy atom. The largest absolute Gasteiger partial charge is 0.497 e. The number of ether oxygens (including phenoxy) is 1. The summed E-state index contributed by atoms with van der Waals surface area (Å²) in [6, 6.07) is 3.32. The summed E-state index contributed by atoms with van der Waals surface area (Å²) < 4.78 is 53.7. The number of benzene rings is 1. The Balaban J connectivity index is 2.22. The third kappa shape index (κ3) is 5.37. The quantitative estimate of drug-likeness (QED) is 0.616. The maximum atomic E-state index is 12.5. The first kappa shape index (κ1) is 21.5. The Morgan fingerprint density at radius 3 is 2.19 bits per heavy atom. The van der Waals surface area contributed by atoms with E-state index in [1.54, 1.807) is 0 Å². The predicted octanol–water partition coefficient (Wildman–Crippen LogP) is 0.626. The van der Waals surface area contributed by atoms with Crippen LogP contribution in [0.4, 0.5) is 0 Å². The number of sulfonamides is 1. The monoisotopic (exact) mass is 464 g/mol. The van der Waals surface area contributed by atoms with Crippen molar-refractivity contribution in [2.24, 2.45) is 0 Å². The van der Waals surface area contributed by atoms with Crippen LogP contribution in [0.5, 0.6) is 5.75 Å². The number of hydrogen-bond acceptors (Lipinski definition) is 6. The molecule has 0 unspecified atom stereocenters. The van der Waals surface area contributed by atoms with E-state index >= 15 is 0 Å². The van der Waals surface area contributed by atoms with Crippen LogP contribution in [0.3, 0.4) is 0 Å². The van der Waals surface area contributed by atoms with Crippen LogP contribution in [-0.2, 0) is 24.7 Å². The van der Waals surface area contributed by atoms with Crippen LogP contribution in [-0.4, -0.2) is 57.2 Å². The average Bonchev–Trinajstić information content (AvgIpc) is 2.79. The summed E-state index contributed by atoms with van der Waals surface area (Å²) in [5, 5.41) is 2.26. The van der Waals surface area contributed by atoms with E-state index in [4.69, 9.17) is 39.5 Å². The molecule has 0 aliphatic carbocycles. The SMILES string of the molecule is COc1ccc(S(=O)(=O)N[C@@H]2CS(=O)(=O)C[C@H]2NC(=O)C(Cl)(Cl)Cl)cc1. The first-order chi connectivity index (χ1) is 11.8. The molecule has 1 aliphatic rings. The lowest BCUT2D eigenvalue weighted by Crippen LogP contribution is -2.53. The van der Waals surface area contributed by atoms with Gasteiger partial charge in [0.05, 0.1) is 35.6 Å². The summed E-state index contributed by atoms with van der Waals surface area (Å²) in [6.45, 7) is 0. The van der Waals surface area contributed by atoms with Gasteiger partial charge < -0.3 is 10.1 Å². The molecule has 146 valence electrons. The zero-order valence-corrected chi connectivity index (χ0v) is 17.2. The van der Waals surface area contributed by atoms with E-state index in [1.807, 2.05) is 0 Å². The summed E-state index contributed by atoms with van der Waals surface area (Å²) in [5.74, 6) is -1.55. The molecule has 13 heteroatoms. The lowest BCUT2D eigenvalue weighted by atomic mass is 10.2. The molecule has 26 heavy (non-hydrogen) atoms. The molecular formula is C13H15Cl3N2O6S2. The summed E-state index contributed by atoms with van der Waals surface area (Å²) in [4.78, 5) is 11.7. The zero-order chi connectivity index (χ0) is 19.8. The van der Waals surface area contributed by atoms with E-state index in [1.165, 1.54) is 31.4 Å². The number of nitrogens with one attached hydrogen (secondary N) is 2. The number of hydrogen-bond donors (Lipinski definition) is 2. The fourth-order valence-corrected chi connectivity index (χ4v) is 5.79.